The van der Waals surface area contributed by atoms with E-state index in [4.69, 9.17) is 9.47 Å². The Balaban J connectivity index is 1.21. The van der Waals surface area contributed by atoms with Gasteiger partial charge in [-0.05, 0) is 54.7 Å². The molecule has 14 heteroatoms. The number of ether oxygens (including phenoxy) is 2. The van der Waals surface area contributed by atoms with Crippen LogP contribution >= 0.6 is 0 Å². The molecule has 4 aromatic rings. The van der Waals surface area contributed by atoms with Crippen LogP contribution in [0.25, 0.3) is 11.3 Å². The number of carbonyl (C=O) groups is 4. The third-order valence-corrected chi connectivity index (χ3v) is 10.4. The second-order valence-corrected chi connectivity index (χ2v) is 14.6. The Kier molecular flexibility index (Phi) is 13.8. The summed E-state index contributed by atoms with van der Waals surface area (Å²) in [5.74, 6) is -1.18. The quantitative estimate of drug-likeness (QED) is 0.102. The largest absolute Gasteiger partial charge is 0.463 e. The molecule has 2 aromatic heterocycles. The lowest BCUT2D eigenvalue weighted by Crippen LogP contribution is -2.58. The number of hydrogen-bond donors (Lipinski definition) is 3. The van der Waals surface area contributed by atoms with Gasteiger partial charge in [0.25, 0.3) is 0 Å². The predicted molar refractivity (Wildman–Crippen MR) is 212 cm³/mol. The van der Waals surface area contributed by atoms with E-state index in [9.17, 15) is 24.3 Å². The summed E-state index contributed by atoms with van der Waals surface area (Å²) in [5, 5.41) is 16.6. The molecular weight excluding hydrogens is 727 g/mol. The number of pyridine rings is 2. The van der Waals surface area contributed by atoms with Crippen LogP contribution < -0.4 is 10.7 Å². The van der Waals surface area contributed by atoms with E-state index < -0.39 is 36.4 Å². The van der Waals surface area contributed by atoms with Crippen LogP contribution in [0.2, 0.25) is 0 Å². The maximum absolute atomic E-state index is 14.4. The molecule has 2 aliphatic rings. The highest BCUT2D eigenvalue weighted by atomic mass is 16.6. The van der Waals surface area contributed by atoms with Gasteiger partial charge in [0.15, 0.2) is 0 Å². The van der Waals surface area contributed by atoms with Gasteiger partial charge in [-0.25, -0.2) is 19.4 Å². The fraction of sp³-hybridized carbons (Fsp3) is 0.395. The Morgan fingerprint density at radius 2 is 1.75 bits per heavy atom. The molecule has 0 bridgehead atoms. The van der Waals surface area contributed by atoms with Crippen molar-refractivity contribution in [1.82, 2.24) is 35.5 Å². The summed E-state index contributed by atoms with van der Waals surface area (Å²) in [6, 6.07) is 26.6. The molecule has 5 atom stereocenters. The minimum Gasteiger partial charge on any atom is -0.463 e. The van der Waals surface area contributed by atoms with Crippen LogP contribution in [0.4, 0.5) is 9.59 Å². The number of carbonyl (C=O) groups excluding carboxylic acids is 4. The highest BCUT2D eigenvalue weighted by Crippen LogP contribution is 2.24. The van der Waals surface area contributed by atoms with E-state index in [1.165, 1.54) is 5.01 Å². The summed E-state index contributed by atoms with van der Waals surface area (Å²) >= 11 is 0. The molecule has 2 aliphatic heterocycles. The Morgan fingerprint density at radius 3 is 2.44 bits per heavy atom. The van der Waals surface area contributed by atoms with Crippen LogP contribution in [0.5, 0.6) is 0 Å². The number of nitrogens with zero attached hydrogens (tertiary/aromatic N) is 5. The second-order valence-electron chi connectivity index (χ2n) is 14.6. The van der Waals surface area contributed by atoms with Crippen molar-refractivity contribution in [3.05, 3.63) is 120 Å². The van der Waals surface area contributed by atoms with E-state index in [1.54, 1.807) is 16.0 Å². The van der Waals surface area contributed by atoms with E-state index in [0.717, 1.165) is 33.8 Å². The number of aryl methyl sites for hydroxylation is 1. The van der Waals surface area contributed by atoms with Crippen LogP contribution in [0.1, 0.15) is 49.2 Å². The lowest BCUT2D eigenvalue weighted by Gasteiger charge is -2.35. The Bertz CT molecular complexity index is 1970. The van der Waals surface area contributed by atoms with Gasteiger partial charge in [0.05, 0.1) is 36.7 Å². The van der Waals surface area contributed by atoms with Gasteiger partial charge in [-0.3, -0.25) is 20.2 Å². The van der Waals surface area contributed by atoms with Gasteiger partial charge in [0.1, 0.15) is 6.04 Å². The summed E-state index contributed by atoms with van der Waals surface area (Å²) in [7, 11) is 0. The van der Waals surface area contributed by atoms with E-state index in [1.807, 2.05) is 112 Å². The summed E-state index contributed by atoms with van der Waals surface area (Å²) in [6.07, 6.45) is -0.253. The number of nitrogens with one attached hydrogen (secondary N) is 2. The molecule has 4 amide bonds. The molecule has 0 spiro atoms. The summed E-state index contributed by atoms with van der Waals surface area (Å²) in [5.41, 5.74) is 7.74. The molecule has 4 heterocycles. The zero-order valence-corrected chi connectivity index (χ0v) is 32.6. The molecule has 2 aromatic carbocycles. The Morgan fingerprint density at radius 1 is 0.982 bits per heavy atom. The molecule has 2 fully saturated rings. The number of aliphatic hydroxyl groups excluding tert-OH is 1. The lowest BCUT2D eigenvalue weighted by molar-refractivity contribution is -0.144. The first-order chi connectivity index (χ1) is 27.6. The number of hydrazine groups is 1. The van der Waals surface area contributed by atoms with E-state index >= 15 is 0 Å². The van der Waals surface area contributed by atoms with Crippen LogP contribution in [0, 0.1) is 12.8 Å². The molecule has 300 valence electrons. The van der Waals surface area contributed by atoms with Crippen molar-refractivity contribution in [3.63, 3.8) is 0 Å². The maximum atomic E-state index is 14.4. The normalized spacial score (nSPS) is 17.5. The second kappa shape index (κ2) is 19.3. The first kappa shape index (κ1) is 40.8. The average molecular weight is 778 g/mol. The number of esters is 1. The maximum Gasteiger partial charge on any atom is 0.422 e. The van der Waals surface area contributed by atoms with Crippen molar-refractivity contribution in [1.29, 1.82) is 0 Å². The molecule has 3 N–H and O–H groups in total. The smallest absolute Gasteiger partial charge is 0.422 e. The third kappa shape index (κ3) is 10.9. The molecule has 0 unspecified atom stereocenters. The predicted octanol–water partition coefficient (Wildman–Crippen LogP) is 4.65. The number of cyclic esters (lactones) is 1. The number of benzene rings is 2. The van der Waals surface area contributed by atoms with Gasteiger partial charge in [-0.1, -0.05) is 87.0 Å². The van der Waals surface area contributed by atoms with Gasteiger partial charge < -0.3 is 29.7 Å². The van der Waals surface area contributed by atoms with Gasteiger partial charge in [-0.15, -0.1) is 0 Å². The number of amides is 4. The minimum atomic E-state index is -1.21. The zero-order valence-electron chi connectivity index (χ0n) is 32.6. The Labute approximate surface area is 333 Å². The van der Waals surface area contributed by atoms with Crippen molar-refractivity contribution in [2.75, 3.05) is 26.2 Å². The topological polar surface area (TPSA) is 167 Å². The fourth-order valence-corrected chi connectivity index (χ4v) is 7.15. The monoisotopic (exact) mass is 777 g/mol. The highest BCUT2D eigenvalue weighted by Gasteiger charge is 2.41. The summed E-state index contributed by atoms with van der Waals surface area (Å²) in [6.45, 7) is 7.16. The van der Waals surface area contributed by atoms with Crippen molar-refractivity contribution < 1.29 is 33.8 Å². The Hall–Kier alpha value is -5.86. The van der Waals surface area contributed by atoms with Crippen molar-refractivity contribution >= 4 is 24.0 Å². The third-order valence-electron chi connectivity index (χ3n) is 10.4. The number of aliphatic hydroxyl groups is 1. The highest BCUT2D eigenvalue weighted by molar-refractivity contribution is 5.88. The molecule has 0 radical (unpaired) electrons. The molecule has 0 saturated carbocycles. The van der Waals surface area contributed by atoms with Crippen molar-refractivity contribution in [2.45, 2.75) is 77.4 Å². The number of hydrogen-bond acceptors (Lipinski definition) is 10. The molecular formula is C43H51N7O7. The molecule has 0 aliphatic carbocycles. The molecule has 14 nitrogen and oxygen atoms in total. The van der Waals surface area contributed by atoms with E-state index in [-0.39, 0.29) is 50.4 Å². The van der Waals surface area contributed by atoms with Gasteiger partial charge in [0.2, 0.25) is 12.0 Å². The number of urea groups is 1. The van der Waals surface area contributed by atoms with Gasteiger partial charge in [-0.2, -0.15) is 0 Å². The van der Waals surface area contributed by atoms with Crippen molar-refractivity contribution in [3.8, 4) is 11.3 Å². The standard InChI is InChI=1S/C43H51N7O7/c1-4-29(2)39(50-23-22-48(43(50)55)27-34-14-10-11-30(3)45-34)40(52)46-36(25-31-12-6-5-7-13-31)37(51)28-49(47-42(54)57-38-20-24-56-41(38)53)26-32-16-18-33(19-17-32)35-15-8-9-21-44-35/h5-19,21,29,36-39,51H,4,20,22-28H2,1-3H3,(H,46,52)(H,47,54)/t29-,36-,37-,38+,39-/m0/s1. The molecule has 57 heavy (non-hydrogen) atoms. The van der Waals surface area contributed by atoms with E-state index in [2.05, 4.69) is 20.7 Å². The molecule has 6 rings (SSSR count). The summed E-state index contributed by atoms with van der Waals surface area (Å²) < 4.78 is 10.3. The minimum absolute atomic E-state index is 0.127. The fourth-order valence-electron chi connectivity index (χ4n) is 7.15. The first-order valence-electron chi connectivity index (χ1n) is 19.5. The van der Waals surface area contributed by atoms with Gasteiger partial charge >= 0.3 is 18.1 Å². The summed E-state index contributed by atoms with van der Waals surface area (Å²) in [4.78, 5) is 65.8. The first-order valence-corrected chi connectivity index (χ1v) is 19.5. The van der Waals surface area contributed by atoms with E-state index in [0.29, 0.717) is 26.1 Å². The van der Waals surface area contributed by atoms with Gasteiger partial charge in [0, 0.05) is 50.1 Å². The van der Waals surface area contributed by atoms with Crippen LogP contribution in [0.15, 0.2) is 97.2 Å². The van der Waals surface area contributed by atoms with Crippen LogP contribution in [0.3, 0.4) is 0 Å². The SMILES string of the molecule is CC[C@H](C)[C@@H](C(=O)N[C@@H](Cc1ccccc1)[C@@H](O)CN(Cc1ccc(-c2ccccn2)cc1)NC(=O)O[C@@H]1CCOC1=O)N1CCN(Cc2cccc(C)n2)C1=O. The molecule has 2 saturated heterocycles. The van der Waals surface area contributed by atoms with Crippen molar-refractivity contribution in [2.24, 2.45) is 5.92 Å². The number of rotatable bonds is 17. The van der Waals surface area contributed by atoms with Crippen LogP contribution in [-0.2, 0) is 38.6 Å². The number of aromatic nitrogens is 2. The lowest BCUT2D eigenvalue weighted by atomic mass is 9.95. The average Bonchev–Trinajstić information content (AvgIpc) is 3.78. The zero-order chi connectivity index (χ0) is 40.3. The van der Waals surface area contributed by atoms with Crippen LogP contribution in [-0.4, -0.2) is 104 Å².